The highest BCUT2D eigenvalue weighted by molar-refractivity contribution is 5.93. The topological polar surface area (TPSA) is 25.2 Å². The van der Waals surface area contributed by atoms with Gasteiger partial charge >= 0.3 is 0 Å². The summed E-state index contributed by atoms with van der Waals surface area (Å²) in [5, 5.41) is 0. The fraction of sp³-hybridized carbons (Fsp3) is 0.533. The third-order valence-corrected chi connectivity index (χ3v) is 3.68. The predicted octanol–water partition coefficient (Wildman–Crippen LogP) is 2.31. The summed E-state index contributed by atoms with van der Waals surface area (Å²) < 4.78 is 2.11. The highest BCUT2D eigenvalue weighted by atomic mass is 16.2. The van der Waals surface area contributed by atoms with Crippen molar-refractivity contribution in [3.8, 4) is 12.3 Å². The summed E-state index contributed by atoms with van der Waals surface area (Å²) in [6, 6.07) is 4.40. The van der Waals surface area contributed by atoms with Crippen LogP contribution >= 0.6 is 0 Å². The van der Waals surface area contributed by atoms with Crippen LogP contribution in [0.2, 0.25) is 0 Å². The predicted molar refractivity (Wildman–Crippen MR) is 70.2 cm³/mol. The first kappa shape index (κ1) is 11.4. The Morgan fingerprint density at radius 3 is 2.83 bits per heavy atom. The number of terminal acetylenes is 1. The lowest BCUT2D eigenvalue weighted by Gasteiger charge is -2.21. The second-order valence-electron chi connectivity index (χ2n) is 5.37. The lowest BCUT2D eigenvalue weighted by molar-refractivity contribution is 0.0759. The molecule has 3 nitrogen and oxygen atoms in total. The van der Waals surface area contributed by atoms with Crippen molar-refractivity contribution in [2.45, 2.75) is 31.7 Å². The molecule has 0 unspecified atom stereocenters. The van der Waals surface area contributed by atoms with Crippen LogP contribution in [0.25, 0.3) is 0 Å². The van der Waals surface area contributed by atoms with Gasteiger partial charge in [-0.05, 0) is 43.7 Å². The van der Waals surface area contributed by atoms with E-state index in [4.69, 9.17) is 6.42 Å². The molecule has 1 amide bonds. The Labute approximate surface area is 108 Å². The summed E-state index contributed by atoms with van der Waals surface area (Å²) in [6.45, 7) is 1.24. The van der Waals surface area contributed by atoms with Crippen LogP contribution in [0.1, 0.15) is 42.2 Å². The molecule has 1 heterocycles. The number of carbonyl (C=O) groups is 1. The van der Waals surface area contributed by atoms with Gasteiger partial charge in [0, 0.05) is 18.8 Å². The first-order chi connectivity index (χ1) is 8.79. The van der Waals surface area contributed by atoms with Crippen LogP contribution in [-0.2, 0) is 0 Å². The number of aromatic nitrogens is 1. The third kappa shape index (κ3) is 2.28. The first-order valence-electron chi connectivity index (χ1n) is 6.69. The van der Waals surface area contributed by atoms with Gasteiger partial charge in [-0.1, -0.05) is 5.92 Å². The molecule has 0 aromatic carbocycles. The number of hydrogen-bond acceptors (Lipinski definition) is 1. The Morgan fingerprint density at radius 2 is 2.22 bits per heavy atom. The molecule has 18 heavy (non-hydrogen) atoms. The summed E-state index contributed by atoms with van der Waals surface area (Å²) >= 11 is 0. The molecule has 0 radical (unpaired) electrons. The number of nitrogens with zero attached hydrogens (tertiary/aromatic N) is 2. The van der Waals surface area contributed by atoms with Crippen molar-refractivity contribution >= 4 is 5.91 Å². The summed E-state index contributed by atoms with van der Waals surface area (Å²) in [5.41, 5.74) is 0.799. The van der Waals surface area contributed by atoms with Crippen LogP contribution in [-0.4, -0.2) is 28.5 Å². The highest BCUT2D eigenvalue weighted by Gasteiger charge is 2.31. The minimum Gasteiger partial charge on any atom is -0.340 e. The SMILES string of the molecule is C#CCN(CC1CC1)C(=O)c1cccn1C1CC1. The van der Waals surface area contributed by atoms with E-state index in [1.54, 1.807) is 0 Å². The second-order valence-corrected chi connectivity index (χ2v) is 5.37. The maximum atomic E-state index is 12.5. The minimum absolute atomic E-state index is 0.0942. The maximum Gasteiger partial charge on any atom is 0.271 e. The second kappa shape index (κ2) is 4.53. The number of rotatable bonds is 5. The summed E-state index contributed by atoms with van der Waals surface area (Å²) in [7, 11) is 0. The van der Waals surface area contributed by atoms with Gasteiger partial charge in [0.25, 0.3) is 5.91 Å². The van der Waals surface area contributed by atoms with E-state index in [2.05, 4.69) is 10.5 Å². The molecule has 3 heteroatoms. The quantitative estimate of drug-likeness (QED) is 0.727. The van der Waals surface area contributed by atoms with E-state index in [0.717, 1.165) is 12.2 Å². The molecule has 94 valence electrons. The molecule has 0 saturated heterocycles. The van der Waals surface area contributed by atoms with E-state index >= 15 is 0 Å². The van der Waals surface area contributed by atoms with E-state index in [9.17, 15) is 4.79 Å². The van der Waals surface area contributed by atoms with Crippen LogP contribution in [0, 0.1) is 18.3 Å². The van der Waals surface area contributed by atoms with Crippen molar-refractivity contribution < 1.29 is 4.79 Å². The first-order valence-corrected chi connectivity index (χ1v) is 6.69. The van der Waals surface area contributed by atoms with Crippen molar-refractivity contribution in [1.82, 2.24) is 9.47 Å². The molecule has 0 aliphatic heterocycles. The summed E-state index contributed by atoms with van der Waals surface area (Å²) in [5.74, 6) is 3.37. The smallest absolute Gasteiger partial charge is 0.271 e. The molecule has 2 saturated carbocycles. The van der Waals surface area contributed by atoms with Gasteiger partial charge in [-0.15, -0.1) is 6.42 Å². The molecule has 0 N–H and O–H groups in total. The maximum absolute atomic E-state index is 12.5. The van der Waals surface area contributed by atoms with Crippen molar-refractivity contribution in [3.63, 3.8) is 0 Å². The fourth-order valence-corrected chi connectivity index (χ4v) is 2.35. The molecule has 0 atom stereocenters. The fourth-order valence-electron chi connectivity index (χ4n) is 2.35. The van der Waals surface area contributed by atoms with Gasteiger partial charge in [-0.3, -0.25) is 4.79 Å². The largest absolute Gasteiger partial charge is 0.340 e. The average molecular weight is 242 g/mol. The Bertz CT molecular complexity index is 489. The number of hydrogen-bond donors (Lipinski definition) is 0. The van der Waals surface area contributed by atoms with E-state index in [1.165, 1.54) is 25.7 Å². The van der Waals surface area contributed by atoms with Crippen LogP contribution in [0.15, 0.2) is 18.3 Å². The van der Waals surface area contributed by atoms with Crippen LogP contribution in [0.5, 0.6) is 0 Å². The zero-order valence-corrected chi connectivity index (χ0v) is 10.5. The van der Waals surface area contributed by atoms with Gasteiger partial charge in [-0.25, -0.2) is 0 Å². The zero-order valence-electron chi connectivity index (χ0n) is 10.5. The van der Waals surface area contributed by atoms with Gasteiger partial charge in [-0.2, -0.15) is 0 Å². The Balaban J connectivity index is 1.77. The Hall–Kier alpha value is -1.69. The lowest BCUT2D eigenvalue weighted by Crippen LogP contribution is -2.34. The Kier molecular flexibility index (Phi) is 2.87. The van der Waals surface area contributed by atoms with Crippen molar-refractivity contribution in [3.05, 3.63) is 24.0 Å². The lowest BCUT2D eigenvalue weighted by atomic mass is 10.3. The summed E-state index contributed by atoms with van der Waals surface area (Å²) in [6.07, 6.45) is 12.2. The van der Waals surface area contributed by atoms with Crippen LogP contribution < -0.4 is 0 Å². The van der Waals surface area contributed by atoms with E-state index in [0.29, 0.717) is 18.5 Å². The molecular weight excluding hydrogens is 224 g/mol. The number of carbonyl (C=O) groups excluding carboxylic acids is 1. The van der Waals surface area contributed by atoms with E-state index in [-0.39, 0.29) is 5.91 Å². The van der Waals surface area contributed by atoms with Crippen molar-refractivity contribution in [1.29, 1.82) is 0 Å². The van der Waals surface area contributed by atoms with Crippen LogP contribution in [0.3, 0.4) is 0 Å². The highest BCUT2D eigenvalue weighted by Crippen LogP contribution is 2.36. The Morgan fingerprint density at radius 1 is 1.44 bits per heavy atom. The van der Waals surface area contributed by atoms with Crippen molar-refractivity contribution in [2.75, 3.05) is 13.1 Å². The molecule has 0 spiro atoms. The van der Waals surface area contributed by atoms with Crippen molar-refractivity contribution in [2.24, 2.45) is 5.92 Å². The molecule has 2 aliphatic rings. The van der Waals surface area contributed by atoms with E-state index in [1.807, 2.05) is 23.2 Å². The van der Waals surface area contributed by atoms with Gasteiger partial charge in [0.1, 0.15) is 5.69 Å². The minimum atomic E-state index is 0.0942. The zero-order chi connectivity index (χ0) is 12.5. The van der Waals surface area contributed by atoms with Gasteiger partial charge in [0.15, 0.2) is 0 Å². The van der Waals surface area contributed by atoms with Gasteiger partial charge in [0.2, 0.25) is 0 Å². The standard InChI is InChI=1S/C15H18N2O/c1-2-9-16(11-12-5-6-12)15(18)14-4-3-10-17(14)13-7-8-13/h1,3-4,10,12-13H,5-9,11H2. The molecule has 3 rings (SSSR count). The monoisotopic (exact) mass is 242 g/mol. The molecular formula is C15H18N2O. The van der Waals surface area contributed by atoms with Gasteiger partial charge < -0.3 is 9.47 Å². The van der Waals surface area contributed by atoms with Gasteiger partial charge in [0.05, 0.1) is 6.54 Å². The molecule has 2 fully saturated rings. The number of amides is 1. The average Bonchev–Trinajstić information content (AvgIpc) is 3.29. The van der Waals surface area contributed by atoms with Crippen LogP contribution in [0.4, 0.5) is 0 Å². The molecule has 2 aliphatic carbocycles. The summed E-state index contributed by atoms with van der Waals surface area (Å²) in [4.78, 5) is 14.3. The van der Waals surface area contributed by atoms with E-state index < -0.39 is 0 Å². The molecule has 1 aromatic rings. The normalized spacial score (nSPS) is 18.4. The molecule has 1 aromatic heterocycles. The third-order valence-electron chi connectivity index (χ3n) is 3.68. The molecule has 0 bridgehead atoms.